The number of nitrogens with one attached hydrogen (secondary N) is 2. The lowest BCUT2D eigenvalue weighted by atomic mass is 10.1. The molecule has 40 heavy (non-hydrogen) atoms. The Kier molecular flexibility index (Phi) is 7.15. The highest BCUT2D eigenvalue weighted by atomic mass is 16.6. The van der Waals surface area contributed by atoms with E-state index in [0.29, 0.717) is 47.1 Å². The normalized spacial score (nSPS) is 30.4. The van der Waals surface area contributed by atoms with Gasteiger partial charge in [-0.3, -0.25) is 9.13 Å². The highest BCUT2D eigenvalue weighted by molar-refractivity contribution is 5.83. The van der Waals surface area contributed by atoms with E-state index < -0.39 is 62.3 Å². The molecule has 0 aliphatic carbocycles. The Morgan fingerprint density at radius 1 is 0.625 bits per heavy atom. The SMILES string of the molecule is OC[C@H]1O[C@@H](n2cnc3c(NCCNc4ncnc5c4ncn5[C@@H]4O[C@H](CO)[C@@H](O)[C@H]4O)ncnc32)[C@H](O)[C@@H]1O. The fraction of sp³-hybridized carbons (Fsp3) is 0.545. The van der Waals surface area contributed by atoms with Crippen molar-refractivity contribution in [3.8, 4) is 0 Å². The van der Waals surface area contributed by atoms with E-state index >= 15 is 0 Å². The Bertz CT molecular complexity index is 1370. The first-order valence-electron chi connectivity index (χ1n) is 12.5. The van der Waals surface area contributed by atoms with Crippen molar-refractivity contribution in [2.75, 3.05) is 36.9 Å². The molecule has 2 fully saturated rings. The molecule has 0 amide bonds. The van der Waals surface area contributed by atoms with Crippen LogP contribution in [0.1, 0.15) is 12.5 Å². The first kappa shape index (κ1) is 26.6. The Morgan fingerprint density at radius 2 is 1.05 bits per heavy atom. The molecule has 8 N–H and O–H groups in total. The zero-order chi connectivity index (χ0) is 28.0. The Morgan fingerprint density at radius 3 is 1.43 bits per heavy atom. The first-order valence-corrected chi connectivity index (χ1v) is 12.5. The molecule has 4 aromatic rings. The molecule has 0 spiro atoms. The molecule has 6 heterocycles. The minimum absolute atomic E-state index is 0.369. The number of aliphatic hydroxyl groups is 6. The van der Waals surface area contributed by atoms with Gasteiger partial charge < -0.3 is 50.7 Å². The molecule has 0 unspecified atom stereocenters. The Balaban J connectivity index is 1.13. The van der Waals surface area contributed by atoms with E-state index in [-0.39, 0.29) is 0 Å². The molecule has 0 radical (unpaired) electrons. The molecule has 2 aliphatic heterocycles. The zero-order valence-corrected chi connectivity index (χ0v) is 20.8. The van der Waals surface area contributed by atoms with Crippen molar-refractivity contribution >= 4 is 34.0 Å². The van der Waals surface area contributed by atoms with E-state index in [2.05, 4.69) is 40.5 Å². The van der Waals surface area contributed by atoms with Gasteiger partial charge in [0.05, 0.1) is 25.9 Å². The third-order valence-electron chi connectivity index (χ3n) is 7.01. The molecule has 214 valence electrons. The number of fused-ring (bicyclic) bond motifs is 2. The number of aliphatic hydroxyl groups excluding tert-OH is 6. The van der Waals surface area contributed by atoms with Gasteiger partial charge in [-0.15, -0.1) is 0 Å². The van der Waals surface area contributed by atoms with Crippen LogP contribution in [0.15, 0.2) is 25.3 Å². The van der Waals surface area contributed by atoms with E-state index in [1.165, 1.54) is 34.4 Å². The summed E-state index contributed by atoms with van der Waals surface area (Å²) in [6.45, 7) is -0.126. The number of anilines is 2. The van der Waals surface area contributed by atoms with Crippen LogP contribution in [0.2, 0.25) is 0 Å². The maximum Gasteiger partial charge on any atom is 0.167 e. The van der Waals surface area contributed by atoms with Gasteiger partial charge in [-0.05, 0) is 0 Å². The van der Waals surface area contributed by atoms with Gasteiger partial charge in [-0.1, -0.05) is 0 Å². The first-order chi connectivity index (χ1) is 19.4. The molecule has 0 aromatic carbocycles. The topological polar surface area (TPSA) is 251 Å². The van der Waals surface area contributed by atoms with Gasteiger partial charge in [-0.2, -0.15) is 0 Å². The van der Waals surface area contributed by atoms with E-state index in [4.69, 9.17) is 9.47 Å². The lowest BCUT2D eigenvalue weighted by Gasteiger charge is -2.16. The maximum absolute atomic E-state index is 10.4. The summed E-state index contributed by atoms with van der Waals surface area (Å²) in [5.74, 6) is 0.859. The summed E-state index contributed by atoms with van der Waals surface area (Å²) < 4.78 is 14.1. The summed E-state index contributed by atoms with van der Waals surface area (Å²) in [5.41, 5.74) is 1.57. The Hall–Kier alpha value is -3.62. The largest absolute Gasteiger partial charge is 0.394 e. The third-order valence-corrected chi connectivity index (χ3v) is 7.01. The average Bonchev–Trinajstić information content (AvgIpc) is 3.72. The minimum atomic E-state index is -1.28. The smallest absolute Gasteiger partial charge is 0.167 e. The van der Waals surface area contributed by atoms with E-state index in [1.807, 2.05) is 0 Å². The predicted octanol–water partition coefficient (Wildman–Crippen LogP) is -3.29. The number of nitrogens with zero attached hydrogens (tertiary/aromatic N) is 8. The molecule has 2 aliphatic rings. The number of rotatable bonds is 9. The van der Waals surface area contributed by atoms with Gasteiger partial charge in [0, 0.05) is 13.1 Å². The zero-order valence-electron chi connectivity index (χ0n) is 20.8. The van der Waals surface area contributed by atoms with Crippen LogP contribution in [-0.2, 0) is 9.47 Å². The van der Waals surface area contributed by atoms with Crippen molar-refractivity contribution < 1.29 is 40.1 Å². The van der Waals surface area contributed by atoms with Crippen LogP contribution in [0.4, 0.5) is 11.6 Å². The monoisotopic (exact) mass is 560 g/mol. The molecular formula is C22H28N10O8. The van der Waals surface area contributed by atoms with Crippen LogP contribution in [0.3, 0.4) is 0 Å². The molecule has 2 saturated heterocycles. The number of ether oxygens (including phenoxy) is 2. The molecule has 0 bridgehead atoms. The standard InChI is InChI=1S/C22H28N10O8/c33-3-9-13(35)15(37)21(39-9)31-7-29-11-17(25-5-27-19(11)31)23-1-2-24-18-12-20(28-6-26-18)32(8-30-12)22-16(38)14(36)10(4-34)40-22/h5-10,13-16,21-22,33-38H,1-4H2,(H,23,25,27)(H,24,26,28)/t9-,10-,13-,14-,15-,16-,21-,22-/m1/s1. The van der Waals surface area contributed by atoms with Gasteiger partial charge in [-0.25, -0.2) is 29.9 Å². The average molecular weight is 561 g/mol. The summed E-state index contributed by atoms with van der Waals surface area (Å²) >= 11 is 0. The van der Waals surface area contributed by atoms with Crippen LogP contribution >= 0.6 is 0 Å². The summed E-state index contributed by atoms with van der Waals surface area (Å²) in [4.78, 5) is 25.6. The van der Waals surface area contributed by atoms with Crippen LogP contribution in [-0.4, -0.2) is 133 Å². The molecule has 0 saturated carbocycles. The number of imidazole rings is 2. The predicted molar refractivity (Wildman–Crippen MR) is 134 cm³/mol. The second-order valence-electron chi connectivity index (χ2n) is 9.40. The van der Waals surface area contributed by atoms with Gasteiger partial charge in [0.25, 0.3) is 0 Å². The molecule has 8 atom stereocenters. The molecular weight excluding hydrogens is 532 g/mol. The summed E-state index contributed by atoms with van der Waals surface area (Å²) in [6, 6.07) is 0. The van der Waals surface area contributed by atoms with Gasteiger partial charge in [0.15, 0.2) is 46.4 Å². The second kappa shape index (κ2) is 10.7. The van der Waals surface area contributed by atoms with E-state index in [9.17, 15) is 30.6 Å². The van der Waals surface area contributed by atoms with Crippen LogP contribution in [0.25, 0.3) is 22.3 Å². The van der Waals surface area contributed by atoms with E-state index in [0.717, 1.165) is 0 Å². The summed E-state index contributed by atoms with van der Waals surface area (Å²) in [6.07, 6.45) is -3.37. The summed E-state index contributed by atoms with van der Waals surface area (Å²) in [5, 5.41) is 66.0. The molecule has 6 rings (SSSR count). The van der Waals surface area contributed by atoms with Crippen molar-refractivity contribution in [2.45, 2.75) is 49.1 Å². The highest BCUT2D eigenvalue weighted by Crippen LogP contribution is 2.33. The molecule has 4 aromatic heterocycles. The van der Waals surface area contributed by atoms with Gasteiger partial charge >= 0.3 is 0 Å². The van der Waals surface area contributed by atoms with Crippen LogP contribution < -0.4 is 10.6 Å². The number of aromatic nitrogens is 8. The number of hydrogen-bond donors (Lipinski definition) is 8. The van der Waals surface area contributed by atoms with Gasteiger partial charge in [0.1, 0.15) is 49.3 Å². The molecule has 18 heteroatoms. The second-order valence-corrected chi connectivity index (χ2v) is 9.40. The lowest BCUT2D eigenvalue weighted by Crippen LogP contribution is -2.33. The lowest BCUT2D eigenvalue weighted by molar-refractivity contribution is -0.0511. The number of hydrogen-bond acceptors (Lipinski definition) is 16. The van der Waals surface area contributed by atoms with Crippen molar-refractivity contribution in [3.05, 3.63) is 25.3 Å². The minimum Gasteiger partial charge on any atom is -0.394 e. The van der Waals surface area contributed by atoms with Crippen LogP contribution in [0.5, 0.6) is 0 Å². The highest BCUT2D eigenvalue weighted by Gasteiger charge is 2.45. The fourth-order valence-electron chi connectivity index (χ4n) is 4.92. The molecule has 18 nitrogen and oxygen atoms in total. The van der Waals surface area contributed by atoms with Gasteiger partial charge in [0.2, 0.25) is 0 Å². The maximum atomic E-state index is 10.4. The van der Waals surface area contributed by atoms with Crippen LogP contribution in [0, 0.1) is 0 Å². The third kappa shape index (κ3) is 4.39. The quantitative estimate of drug-likeness (QED) is 0.0934. The van der Waals surface area contributed by atoms with Crippen molar-refractivity contribution in [1.29, 1.82) is 0 Å². The van der Waals surface area contributed by atoms with Crippen molar-refractivity contribution in [1.82, 2.24) is 39.0 Å². The Labute approximate surface area is 224 Å². The van der Waals surface area contributed by atoms with E-state index in [1.54, 1.807) is 0 Å². The van der Waals surface area contributed by atoms with Crippen molar-refractivity contribution in [2.24, 2.45) is 0 Å². The van der Waals surface area contributed by atoms with Crippen molar-refractivity contribution in [3.63, 3.8) is 0 Å². The summed E-state index contributed by atoms with van der Waals surface area (Å²) in [7, 11) is 0. The fourth-order valence-corrected chi connectivity index (χ4v) is 4.92.